The molecule has 1 aliphatic heterocycles. The van der Waals surface area contributed by atoms with Crippen LogP contribution in [-0.4, -0.2) is 21.2 Å². The molecule has 1 aromatic carbocycles. The van der Waals surface area contributed by atoms with Gasteiger partial charge >= 0.3 is 0 Å². The highest BCUT2D eigenvalue weighted by Crippen LogP contribution is 2.50. The van der Waals surface area contributed by atoms with Crippen LogP contribution in [-0.2, 0) is 15.5 Å². The van der Waals surface area contributed by atoms with Gasteiger partial charge in [-0.25, -0.2) is 0 Å². The molecule has 0 spiro atoms. The number of allylic oxidation sites excluding steroid dienone is 1. The number of hydrogen-bond acceptors (Lipinski definition) is 2. The molecular weight excluding hydrogens is 280 g/mol. The number of fused-ring (bicyclic) bond motifs is 1. The van der Waals surface area contributed by atoms with E-state index in [2.05, 4.69) is 26.8 Å². The largest absolute Gasteiger partial charge is 0.362 e. The van der Waals surface area contributed by atoms with Gasteiger partial charge in [-0.2, -0.15) is 0 Å². The molecule has 1 heterocycles. The molecule has 4 atom stereocenters. The van der Waals surface area contributed by atoms with Gasteiger partial charge in [0.25, 0.3) is 0 Å². The van der Waals surface area contributed by atoms with Crippen LogP contribution in [0.4, 0.5) is 0 Å². The average Bonchev–Trinajstić information content (AvgIpc) is 3.15. The summed E-state index contributed by atoms with van der Waals surface area (Å²) in [6, 6.07) is 9.87. The molecule has 0 radical (unpaired) electrons. The highest BCUT2D eigenvalue weighted by molar-refractivity contribution is 7.85. The summed E-state index contributed by atoms with van der Waals surface area (Å²) in [7, 11) is -0.926. The Morgan fingerprint density at radius 2 is 2.00 bits per heavy atom. The highest BCUT2D eigenvalue weighted by atomic mass is 32.2. The number of benzene rings is 1. The van der Waals surface area contributed by atoms with E-state index < -0.39 is 10.8 Å². The van der Waals surface area contributed by atoms with Crippen LogP contribution in [0.2, 0.25) is 0 Å². The van der Waals surface area contributed by atoms with Gasteiger partial charge in [0, 0.05) is 10.1 Å². The lowest BCUT2D eigenvalue weighted by Gasteiger charge is -2.19. The van der Waals surface area contributed by atoms with E-state index in [1.807, 2.05) is 30.3 Å². The minimum atomic E-state index is -0.926. The highest BCUT2D eigenvalue weighted by Gasteiger charge is 2.56. The molecule has 1 aliphatic carbocycles. The first-order chi connectivity index (χ1) is 10.0. The zero-order valence-electron chi connectivity index (χ0n) is 13.0. The van der Waals surface area contributed by atoms with Crippen molar-refractivity contribution in [2.75, 3.05) is 0 Å². The van der Waals surface area contributed by atoms with Crippen molar-refractivity contribution >= 4 is 10.8 Å². The summed E-state index contributed by atoms with van der Waals surface area (Å²) >= 11 is 0. The molecule has 2 fully saturated rings. The Morgan fingerprint density at radius 1 is 1.29 bits per heavy atom. The first-order valence-electron chi connectivity index (χ1n) is 7.85. The average molecular weight is 304 g/mol. The number of rotatable bonds is 3. The molecule has 1 saturated heterocycles. The van der Waals surface area contributed by atoms with Crippen molar-refractivity contribution in [3.8, 4) is 0 Å². The molecule has 3 rings (SSSR count). The van der Waals surface area contributed by atoms with Crippen LogP contribution in [0, 0.1) is 5.92 Å². The molecular formula is C18H24O2S. The van der Waals surface area contributed by atoms with E-state index in [0.29, 0.717) is 12.0 Å². The second-order valence-electron chi connectivity index (χ2n) is 6.66. The zero-order chi connectivity index (χ0) is 15.0. The van der Waals surface area contributed by atoms with Crippen molar-refractivity contribution in [3.05, 3.63) is 42.0 Å². The summed E-state index contributed by atoms with van der Waals surface area (Å²) in [4.78, 5) is 0.952. The quantitative estimate of drug-likeness (QED) is 0.622. The topological polar surface area (TPSA) is 29.6 Å². The van der Waals surface area contributed by atoms with Crippen molar-refractivity contribution in [1.29, 1.82) is 0 Å². The van der Waals surface area contributed by atoms with Crippen molar-refractivity contribution in [1.82, 2.24) is 0 Å². The SMILES string of the molecule is CC(C)/C=C1\C[C@H](S(=O)c2ccccc2)CC[C@H]2O[C@@]12C. The molecule has 21 heavy (non-hydrogen) atoms. The van der Waals surface area contributed by atoms with Crippen LogP contribution in [0.15, 0.2) is 46.9 Å². The lowest BCUT2D eigenvalue weighted by atomic mass is 9.93. The second kappa shape index (κ2) is 5.69. The molecule has 1 saturated carbocycles. The monoisotopic (exact) mass is 304 g/mol. The van der Waals surface area contributed by atoms with Gasteiger partial charge in [0.05, 0.1) is 16.9 Å². The standard InChI is InChI=1S/C18H24O2S/c1-13(2)11-14-12-16(9-10-17-18(14,3)20-17)21(19)15-7-5-4-6-8-15/h4-8,11,13,16-17H,9-10,12H2,1-3H3/b14-11+/t16-,17-,18+,21?/m1/s1. The fourth-order valence-corrected chi connectivity index (χ4v) is 4.82. The predicted octanol–water partition coefficient (Wildman–Crippen LogP) is 4.09. The fourth-order valence-electron chi connectivity index (χ4n) is 3.33. The third kappa shape index (κ3) is 3.00. The van der Waals surface area contributed by atoms with Gasteiger partial charge in [0.15, 0.2) is 0 Å². The van der Waals surface area contributed by atoms with Gasteiger partial charge in [-0.05, 0) is 49.8 Å². The smallest absolute Gasteiger partial charge is 0.113 e. The minimum absolute atomic E-state index is 0.0834. The van der Waals surface area contributed by atoms with Gasteiger partial charge in [-0.1, -0.05) is 38.1 Å². The number of ether oxygens (including phenoxy) is 1. The van der Waals surface area contributed by atoms with Crippen LogP contribution in [0.25, 0.3) is 0 Å². The summed E-state index contributed by atoms with van der Waals surface area (Å²) < 4.78 is 18.8. The Labute approximate surface area is 130 Å². The van der Waals surface area contributed by atoms with E-state index in [1.165, 1.54) is 5.57 Å². The Balaban J connectivity index is 1.83. The van der Waals surface area contributed by atoms with Crippen molar-refractivity contribution in [2.24, 2.45) is 5.92 Å². The Kier molecular flexibility index (Phi) is 4.06. The second-order valence-corrected chi connectivity index (χ2v) is 8.40. The van der Waals surface area contributed by atoms with E-state index in [4.69, 9.17) is 4.74 Å². The van der Waals surface area contributed by atoms with Crippen LogP contribution >= 0.6 is 0 Å². The van der Waals surface area contributed by atoms with Crippen molar-refractivity contribution < 1.29 is 8.95 Å². The van der Waals surface area contributed by atoms with Crippen LogP contribution < -0.4 is 0 Å². The maximum Gasteiger partial charge on any atom is 0.113 e. The van der Waals surface area contributed by atoms with Gasteiger partial charge in [-0.3, -0.25) is 4.21 Å². The third-order valence-electron chi connectivity index (χ3n) is 4.59. The Hall–Kier alpha value is -0.930. The van der Waals surface area contributed by atoms with Crippen LogP contribution in [0.5, 0.6) is 0 Å². The number of hydrogen-bond donors (Lipinski definition) is 0. The van der Waals surface area contributed by atoms with Gasteiger partial charge in [0.1, 0.15) is 5.60 Å². The lowest BCUT2D eigenvalue weighted by Crippen LogP contribution is -2.19. The maximum atomic E-state index is 12.9. The third-order valence-corrected chi connectivity index (χ3v) is 6.34. The predicted molar refractivity (Wildman–Crippen MR) is 86.7 cm³/mol. The van der Waals surface area contributed by atoms with E-state index in [0.717, 1.165) is 24.2 Å². The van der Waals surface area contributed by atoms with E-state index in [1.54, 1.807) is 0 Å². The molecule has 114 valence electrons. The normalized spacial score (nSPS) is 35.3. The van der Waals surface area contributed by atoms with E-state index in [-0.39, 0.29) is 10.9 Å². The molecule has 2 aliphatic rings. The molecule has 3 heteroatoms. The molecule has 0 amide bonds. The first kappa shape index (κ1) is 15.0. The van der Waals surface area contributed by atoms with E-state index in [9.17, 15) is 4.21 Å². The Bertz CT molecular complexity index is 564. The Morgan fingerprint density at radius 3 is 2.67 bits per heavy atom. The molecule has 1 aromatic rings. The summed E-state index contributed by atoms with van der Waals surface area (Å²) in [5, 5.41) is 0.214. The summed E-state index contributed by atoms with van der Waals surface area (Å²) in [6.45, 7) is 6.59. The summed E-state index contributed by atoms with van der Waals surface area (Å²) in [6.07, 6.45) is 5.56. The van der Waals surface area contributed by atoms with Gasteiger partial charge < -0.3 is 4.74 Å². The van der Waals surface area contributed by atoms with Gasteiger partial charge in [0.2, 0.25) is 0 Å². The van der Waals surface area contributed by atoms with Crippen LogP contribution in [0.3, 0.4) is 0 Å². The number of epoxide rings is 1. The zero-order valence-corrected chi connectivity index (χ0v) is 13.9. The lowest BCUT2D eigenvalue weighted by molar-refractivity contribution is 0.314. The van der Waals surface area contributed by atoms with Crippen LogP contribution in [0.1, 0.15) is 40.0 Å². The minimum Gasteiger partial charge on any atom is -0.362 e. The molecule has 2 nitrogen and oxygen atoms in total. The maximum absolute atomic E-state index is 12.9. The molecule has 0 bridgehead atoms. The molecule has 0 N–H and O–H groups in total. The summed E-state index contributed by atoms with van der Waals surface area (Å²) in [5.74, 6) is 0.505. The summed E-state index contributed by atoms with van der Waals surface area (Å²) in [5.41, 5.74) is 1.27. The molecule has 1 unspecified atom stereocenters. The van der Waals surface area contributed by atoms with Gasteiger partial charge in [-0.15, -0.1) is 0 Å². The fraction of sp³-hybridized carbons (Fsp3) is 0.556. The first-order valence-corrected chi connectivity index (χ1v) is 9.06. The molecule has 0 aromatic heterocycles. The van der Waals surface area contributed by atoms with E-state index >= 15 is 0 Å². The van der Waals surface area contributed by atoms with Crippen molar-refractivity contribution in [3.63, 3.8) is 0 Å². The van der Waals surface area contributed by atoms with Crippen molar-refractivity contribution in [2.45, 2.75) is 61.9 Å².